The zero-order valence-corrected chi connectivity index (χ0v) is 9.47. The van der Waals surface area contributed by atoms with Crippen LogP contribution in [0.3, 0.4) is 0 Å². The van der Waals surface area contributed by atoms with E-state index in [1.165, 1.54) is 0 Å². The zero-order chi connectivity index (χ0) is 12.7. The van der Waals surface area contributed by atoms with E-state index in [2.05, 4.69) is 19.6 Å². The van der Waals surface area contributed by atoms with E-state index in [1.54, 1.807) is 6.20 Å². The average Bonchev–Trinajstić information content (AvgIpc) is 2.93. The Hall–Kier alpha value is -2.63. The van der Waals surface area contributed by atoms with Gasteiger partial charge < -0.3 is 14.6 Å². The molecule has 0 amide bonds. The van der Waals surface area contributed by atoms with Gasteiger partial charge in [0.05, 0.1) is 0 Å². The van der Waals surface area contributed by atoms with Gasteiger partial charge in [0.2, 0.25) is 5.82 Å². The number of carbonyl (C=O) groups is 1. The summed E-state index contributed by atoms with van der Waals surface area (Å²) in [5.41, 5.74) is 2.77. The van der Waals surface area contributed by atoms with Gasteiger partial charge in [0.15, 0.2) is 0 Å². The summed E-state index contributed by atoms with van der Waals surface area (Å²) in [7, 11) is 0. The van der Waals surface area contributed by atoms with Gasteiger partial charge in [0.25, 0.3) is 0 Å². The lowest BCUT2D eigenvalue weighted by Gasteiger charge is -1.94. The highest BCUT2D eigenvalue weighted by Crippen LogP contribution is 2.27. The Morgan fingerprint density at radius 2 is 2.28 bits per heavy atom. The smallest absolute Gasteiger partial charge is 0.394 e. The number of carboxylic acid groups (broad SMARTS) is 1. The van der Waals surface area contributed by atoms with Crippen LogP contribution >= 0.6 is 0 Å². The molecule has 90 valence electrons. The van der Waals surface area contributed by atoms with Gasteiger partial charge in [0, 0.05) is 22.7 Å². The maximum atomic E-state index is 10.7. The van der Waals surface area contributed by atoms with Gasteiger partial charge >= 0.3 is 11.9 Å². The first-order valence-corrected chi connectivity index (χ1v) is 5.30. The van der Waals surface area contributed by atoms with Crippen LogP contribution in [0.2, 0.25) is 0 Å². The molecular formula is C12H9N3O3. The first-order chi connectivity index (χ1) is 8.65. The molecule has 0 spiro atoms. The molecule has 0 atom stereocenters. The number of benzene rings is 1. The first-order valence-electron chi connectivity index (χ1n) is 5.30. The molecule has 0 bridgehead atoms. The van der Waals surface area contributed by atoms with Gasteiger partial charge in [-0.1, -0.05) is 16.8 Å². The fourth-order valence-electron chi connectivity index (χ4n) is 1.84. The van der Waals surface area contributed by atoms with E-state index in [9.17, 15) is 4.79 Å². The van der Waals surface area contributed by atoms with E-state index in [4.69, 9.17) is 5.11 Å². The third-order valence-electron chi connectivity index (χ3n) is 2.69. The second-order valence-electron chi connectivity index (χ2n) is 3.98. The third kappa shape index (κ3) is 1.55. The molecule has 2 N–H and O–H groups in total. The number of H-pyrrole nitrogens is 1. The predicted octanol–water partition coefficient (Wildman–Crippen LogP) is 2.22. The van der Waals surface area contributed by atoms with Crippen LogP contribution in [0.1, 0.15) is 16.2 Å². The van der Waals surface area contributed by atoms with E-state index in [0.29, 0.717) is 0 Å². The molecule has 18 heavy (non-hydrogen) atoms. The number of hydrogen-bond acceptors (Lipinski definition) is 4. The van der Waals surface area contributed by atoms with Gasteiger partial charge in [-0.25, -0.2) is 4.79 Å². The fraction of sp³-hybridized carbons (Fsp3) is 0.0833. The van der Waals surface area contributed by atoms with E-state index in [-0.39, 0.29) is 5.82 Å². The highest BCUT2D eigenvalue weighted by Gasteiger charge is 2.16. The van der Waals surface area contributed by atoms with Crippen molar-refractivity contribution in [1.82, 2.24) is 15.1 Å². The Morgan fingerprint density at radius 3 is 3.00 bits per heavy atom. The summed E-state index contributed by atoms with van der Waals surface area (Å²) in [5, 5.41) is 13.4. The van der Waals surface area contributed by atoms with Gasteiger partial charge in [-0.3, -0.25) is 0 Å². The topological polar surface area (TPSA) is 92.0 Å². The van der Waals surface area contributed by atoms with Crippen LogP contribution in [0.15, 0.2) is 28.9 Å². The summed E-state index contributed by atoms with van der Waals surface area (Å²) in [4.78, 5) is 17.6. The molecule has 0 aliphatic heterocycles. The Bertz CT molecular complexity index is 742. The Morgan fingerprint density at radius 1 is 1.44 bits per heavy atom. The predicted molar refractivity (Wildman–Crippen MR) is 63.3 cm³/mol. The van der Waals surface area contributed by atoms with Crippen molar-refractivity contribution in [2.45, 2.75) is 6.92 Å². The van der Waals surface area contributed by atoms with E-state index >= 15 is 0 Å². The van der Waals surface area contributed by atoms with Gasteiger partial charge in [0.1, 0.15) is 0 Å². The number of rotatable bonds is 2. The molecular weight excluding hydrogens is 234 g/mol. The summed E-state index contributed by atoms with van der Waals surface area (Å²) < 4.78 is 4.65. The molecule has 0 saturated carbocycles. The Kier molecular flexibility index (Phi) is 2.16. The number of aromatic nitrogens is 3. The molecule has 3 rings (SSSR count). The van der Waals surface area contributed by atoms with Gasteiger partial charge in [-0.05, 0) is 19.1 Å². The number of carboxylic acids is 1. The van der Waals surface area contributed by atoms with Crippen LogP contribution in [0.4, 0.5) is 0 Å². The van der Waals surface area contributed by atoms with Crippen LogP contribution < -0.4 is 0 Å². The number of nitrogens with zero attached hydrogens (tertiary/aromatic N) is 2. The monoisotopic (exact) mass is 243 g/mol. The third-order valence-corrected chi connectivity index (χ3v) is 2.69. The maximum absolute atomic E-state index is 10.7. The normalized spacial score (nSPS) is 10.9. The van der Waals surface area contributed by atoms with Crippen LogP contribution in [0.25, 0.3) is 22.3 Å². The fourth-order valence-corrected chi connectivity index (χ4v) is 1.84. The Balaban J connectivity index is 2.18. The highest BCUT2D eigenvalue weighted by atomic mass is 16.5. The van der Waals surface area contributed by atoms with E-state index in [1.807, 2.05) is 25.1 Å². The lowest BCUT2D eigenvalue weighted by atomic mass is 10.1. The number of nitrogens with one attached hydrogen (secondary N) is 1. The van der Waals surface area contributed by atoms with Crippen LogP contribution in [-0.4, -0.2) is 26.2 Å². The number of aromatic amines is 1. The molecule has 0 aliphatic carbocycles. The minimum absolute atomic E-state index is 0.268. The molecule has 6 heteroatoms. The highest BCUT2D eigenvalue weighted by molar-refractivity contribution is 5.94. The van der Waals surface area contributed by atoms with Crippen molar-refractivity contribution < 1.29 is 14.4 Å². The maximum Gasteiger partial charge on any atom is 0.394 e. The number of hydrogen-bond donors (Lipinski definition) is 2. The first kappa shape index (κ1) is 10.5. The second-order valence-corrected chi connectivity index (χ2v) is 3.98. The minimum atomic E-state index is -1.23. The summed E-state index contributed by atoms with van der Waals surface area (Å²) in [6.07, 6.45) is 1.74. The molecule has 0 fully saturated rings. The SMILES string of the molecule is Cc1ccc2[nH]cc(-c3noc(C(=O)O)n3)c2c1. The second kappa shape index (κ2) is 3.69. The molecule has 1 aromatic carbocycles. The van der Waals surface area contributed by atoms with E-state index in [0.717, 1.165) is 22.0 Å². The lowest BCUT2D eigenvalue weighted by Crippen LogP contribution is -1.95. The molecule has 3 aromatic rings. The van der Waals surface area contributed by atoms with Crippen molar-refractivity contribution >= 4 is 16.9 Å². The summed E-state index contributed by atoms with van der Waals surface area (Å²) in [6, 6.07) is 5.92. The molecule has 2 heterocycles. The van der Waals surface area contributed by atoms with Gasteiger partial charge in [-0.15, -0.1) is 0 Å². The van der Waals surface area contributed by atoms with Crippen molar-refractivity contribution in [3.63, 3.8) is 0 Å². The molecule has 6 nitrogen and oxygen atoms in total. The quantitative estimate of drug-likeness (QED) is 0.720. The zero-order valence-electron chi connectivity index (χ0n) is 9.47. The number of fused-ring (bicyclic) bond motifs is 1. The molecule has 0 unspecified atom stereocenters. The van der Waals surface area contributed by atoms with Crippen molar-refractivity contribution in [2.75, 3.05) is 0 Å². The van der Waals surface area contributed by atoms with E-state index < -0.39 is 11.9 Å². The largest absolute Gasteiger partial charge is 0.474 e. The van der Waals surface area contributed by atoms with Crippen LogP contribution in [0, 0.1) is 6.92 Å². The molecule has 0 aliphatic rings. The van der Waals surface area contributed by atoms with Crippen molar-refractivity contribution in [3.05, 3.63) is 35.9 Å². The van der Waals surface area contributed by atoms with Crippen molar-refractivity contribution in [1.29, 1.82) is 0 Å². The van der Waals surface area contributed by atoms with Gasteiger partial charge in [-0.2, -0.15) is 4.98 Å². The number of aromatic carboxylic acids is 1. The molecule has 0 radical (unpaired) electrons. The summed E-state index contributed by atoms with van der Waals surface area (Å²) >= 11 is 0. The average molecular weight is 243 g/mol. The Labute approximate surface area is 101 Å². The summed E-state index contributed by atoms with van der Waals surface area (Å²) in [5.74, 6) is -1.37. The molecule has 0 saturated heterocycles. The van der Waals surface area contributed by atoms with Crippen molar-refractivity contribution in [3.8, 4) is 11.4 Å². The standard InChI is InChI=1S/C12H9N3O3/c1-6-2-3-9-7(4-6)8(5-13-9)10-14-11(12(16)17)18-15-10/h2-5,13H,1H3,(H,16,17). The van der Waals surface area contributed by atoms with Crippen molar-refractivity contribution in [2.24, 2.45) is 0 Å². The number of aryl methyl sites for hydroxylation is 1. The molecule has 2 aromatic heterocycles. The summed E-state index contributed by atoms with van der Waals surface area (Å²) in [6.45, 7) is 1.98. The lowest BCUT2D eigenvalue weighted by molar-refractivity contribution is 0.0643. The van der Waals surface area contributed by atoms with Crippen LogP contribution in [-0.2, 0) is 0 Å². The van der Waals surface area contributed by atoms with Crippen LogP contribution in [0.5, 0.6) is 0 Å². The minimum Gasteiger partial charge on any atom is -0.474 e.